The third-order valence-electron chi connectivity index (χ3n) is 5.30. The lowest BCUT2D eigenvalue weighted by atomic mass is 9.98. The van der Waals surface area contributed by atoms with Crippen LogP contribution in [0, 0.1) is 0 Å². The first-order chi connectivity index (χ1) is 11.6. The van der Waals surface area contributed by atoms with E-state index in [1.807, 2.05) is 13.1 Å². The number of amides is 1. The molecule has 1 N–H and O–H groups in total. The van der Waals surface area contributed by atoms with Gasteiger partial charge in [-0.05, 0) is 37.8 Å². The predicted octanol–water partition coefficient (Wildman–Crippen LogP) is 0.955. The fourth-order valence-corrected chi connectivity index (χ4v) is 3.91. The van der Waals surface area contributed by atoms with Gasteiger partial charge in [0, 0.05) is 25.2 Å². The van der Waals surface area contributed by atoms with Gasteiger partial charge in [0.2, 0.25) is 5.91 Å². The first-order valence-corrected chi connectivity index (χ1v) is 8.46. The number of halogens is 1. The number of aromatic nitrogens is 3. The number of benzene rings is 1. The van der Waals surface area contributed by atoms with Crippen LogP contribution in [0.3, 0.4) is 0 Å². The van der Waals surface area contributed by atoms with E-state index in [0.717, 1.165) is 17.5 Å². The van der Waals surface area contributed by atoms with E-state index in [0.29, 0.717) is 23.0 Å². The van der Waals surface area contributed by atoms with Gasteiger partial charge in [-0.1, -0.05) is 17.3 Å². The zero-order valence-electron chi connectivity index (χ0n) is 14.1. The summed E-state index contributed by atoms with van der Waals surface area (Å²) in [7, 11) is 1.83. The van der Waals surface area contributed by atoms with E-state index in [2.05, 4.69) is 15.6 Å². The number of carbonyl (C=O) groups excluding carboxylic acids is 1. The van der Waals surface area contributed by atoms with Gasteiger partial charge in [-0.15, -0.1) is 17.5 Å². The molecule has 2 saturated heterocycles. The fourth-order valence-electron chi connectivity index (χ4n) is 3.91. The van der Waals surface area contributed by atoms with Crippen LogP contribution in [0.5, 0.6) is 0 Å². The molecular weight excluding hydrogens is 342 g/mol. The molecule has 134 valence electrons. The second-order valence-corrected chi connectivity index (χ2v) is 6.84. The van der Waals surface area contributed by atoms with Crippen molar-refractivity contribution in [3.63, 3.8) is 0 Å². The molecule has 1 aromatic carbocycles. The molecule has 1 aromatic heterocycles. The van der Waals surface area contributed by atoms with Crippen molar-refractivity contribution >= 4 is 29.2 Å². The summed E-state index contributed by atoms with van der Waals surface area (Å²) in [6, 6.07) is 8.33. The molecule has 2 aromatic rings. The maximum absolute atomic E-state index is 12.6. The van der Waals surface area contributed by atoms with Gasteiger partial charge in [0.1, 0.15) is 12.1 Å². The maximum Gasteiger partial charge on any atom is 0.278 e. The Labute approximate surface area is 151 Å². The summed E-state index contributed by atoms with van der Waals surface area (Å²) in [6.45, 7) is -0.0631. The number of hydrogen-bond donors (Lipinski definition) is 1. The Morgan fingerprint density at radius 2 is 1.96 bits per heavy atom. The average molecular weight is 364 g/mol. The summed E-state index contributed by atoms with van der Waals surface area (Å²) >= 11 is 0. The standard InChI is InChI=1S/C17H21N5O2.ClH/c1-21(13-8-11-6-7-12(9-13)18-11)16(23)10-22-17(24)14-4-2-3-5-15(14)19-20-22;/h2-5,11-13,18H,6-10H2,1H3;1H. The van der Waals surface area contributed by atoms with Crippen molar-refractivity contribution in [2.24, 2.45) is 0 Å². The second kappa shape index (κ2) is 7.09. The fraction of sp³-hybridized carbons (Fsp3) is 0.529. The van der Waals surface area contributed by atoms with Crippen LogP contribution >= 0.6 is 12.4 Å². The molecule has 0 spiro atoms. The Hall–Kier alpha value is -1.99. The summed E-state index contributed by atoms with van der Waals surface area (Å²) in [4.78, 5) is 26.9. The van der Waals surface area contributed by atoms with Gasteiger partial charge in [0.15, 0.2) is 0 Å². The van der Waals surface area contributed by atoms with Crippen LogP contribution in [0.25, 0.3) is 10.9 Å². The lowest BCUT2D eigenvalue weighted by Crippen LogP contribution is -2.49. The van der Waals surface area contributed by atoms with Gasteiger partial charge >= 0.3 is 0 Å². The summed E-state index contributed by atoms with van der Waals surface area (Å²) in [6.07, 6.45) is 4.35. The molecular formula is C17H22ClN5O2. The number of fused-ring (bicyclic) bond motifs is 3. The first-order valence-electron chi connectivity index (χ1n) is 8.46. The molecule has 8 heteroatoms. The van der Waals surface area contributed by atoms with E-state index >= 15 is 0 Å². The summed E-state index contributed by atoms with van der Waals surface area (Å²) in [5.41, 5.74) is 0.280. The van der Waals surface area contributed by atoms with Gasteiger partial charge < -0.3 is 10.2 Å². The molecule has 2 atom stereocenters. The maximum atomic E-state index is 12.6. The average Bonchev–Trinajstić information content (AvgIpc) is 2.94. The Morgan fingerprint density at radius 3 is 2.68 bits per heavy atom. The molecule has 2 bridgehead atoms. The Morgan fingerprint density at radius 1 is 1.28 bits per heavy atom. The minimum Gasteiger partial charge on any atom is -0.341 e. The lowest BCUT2D eigenvalue weighted by molar-refractivity contribution is -0.133. The van der Waals surface area contributed by atoms with Crippen molar-refractivity contribution in [3.8, 4) is 0 Å². The van der Waals surface area contributed by atoms with Crippen LogP contribution in [-0.2, 0) is 11.3 Å². The topological polar surface area (TPSA) is 80.1 Å². The van der Waals surface area contributed by atoms with E-state index in [9.17, 15) is 9.59 Å². The molecule has 7 nitrogen and oxygen atoms in total. The molecule has 3 heterocycles. The van der Waals surface area contributed by atoms with E-state index in [1.54, 1.807) is 23.1 Å². The highest BCUT2D eigenvalue weighted by Crippen LogP contribution is 2.29. The van der Waals surface area contributed by atoms with E-state index < -0.39 is 0 Å². The SMILES string of the molecule is CN(C(=O)Cn1nnc2ccccc2c1=O)C1CC2CCC(C1)N2.Cl. The minimum atomic E-state index is -0.271. The zero-order valence-corrected chi connectivity index (χ0v) is 14.9. The number of nitrogens with one attached hydrogen (secondary N) is 1. The normalized spacial score (nSPS) is 24.8. The number of piperidine rings is 1. The highest BCUT2D eigenvalue weighted by Gasteiger charge is 2.36. The van der Waals surface area contributed by atoms with Gasteiger partial charge in [-0.2, -0.15) is 0 Å². The van der Waals surface area contributed by atoms with Gasteiger partial charge in [0.25, 0.3) is 5.56 Å². The first kappa shape index (κ1) is 17.8. The molecule has 4 rings (SSSR count). The van der Waals surface area contributed by atoms with Crippen LogP contribution < -0.4 is 10.9 Å². The molecule has 0 aliphatic carbocycles. The van der Waals surface area contributed by atoms with Gasteiger partial charge in [-0.3, -0.25) is 9.59 Å². The molecule has 2 unspecified atom stereocenters. The lowest BCUT2D eigenvalue weighted by Gasteiger charge is -2.35. The molecule has 0 saturated carbocycles. The Kier molecular flexibility index (Phi) is 5.06. The summed E-state index contributed by atoms with van der Waals surface area (Å²) in [5.74, 6) is -0.0898. The van der Waals surface area contributed by atoms with Crippen LogP contribution in [0.15, 0.2) is 29.1 Å². The number of likely N-dealkylation sites (N-methyl/N-ethyl adjacent to an activating group) is 1. The molecule has 25 heavy (non-hydrogen) atoms. The van der Waals surface area contributed by atoms with Crippen LogP contribution in [0.2, 0.25) is 0 Å². The molecule has 0 radical (unpaired) electrons. The highest BCUT2D eigenvalue weighted by molar-refractivity contribution is 5.85. The van der Waals surface area contributed by atoms with Crippen molar-refractivity contribution in [1.29, 1.82) is 0 Å². The van der Waals surface area contributed by atoms with E-state index in [-0.39, 0.29) is 36.5 Å². The van der Waals surface area contributed by atoms with Crippen molar-refractivity contribution in [1.82, 2.24) is 25.2 Å². The third-order valence-corrected chi connectivity index (χ3v) is 5.30. The Bertz CT molecular complexity index is 827. The quantitative estimate of drug-likeness (QED) is 0.878. The number of hydrogen-bond acceptors (Lipinski definition) is 5. The second-order valence-electron chi connectivity index (χ2n) is 6.84. The molecule has 2 aliphatic heterocycles. The number of nitrogens with zero attached hydrogens (tertiary/aromatic N) is 4. The third kappa shape index (κ3) is 3.39. The van der Waals surface area contributed by atoms with E-state index in [4.69, 9.17) is 0 Å². The largest absolute Gasteiger partial charge is 0.341 e. The van der Waals surface area contributed by atoms with Gasteiger partial charge in [-0.25, -0.2) is 4.68 Å². The minimum absolute atomic E-state index is 0. The molecule has 2 fully saturated rings. The monoisotopic (exact) mass is 363 g/mol. The van der Waals surface area contributed by atoms with Crippen LogP contribution in [-0.4, -0.2) is 51.0 Å². The van der Waals surface area contributed by atoms with E-state index in [1.165, 1.54) is 12.8 Å². The predicted molar refractivity (Wildman–Crippen MR) is 96.8 cm³/mol. The van der Waals surface area contributed by atoms with Gasteiger partial charge in [0.05, 0.1) is 5.39 Å². The van der Waals surface area contributed by atoms with Crippen LogP contribution in [0.1, 0.15) is 25.7 Å². The Balaban J connectivity index is 0.00000182. The van der Waals surface area contributed by atoms with Crippen molar-refractivity contribution < 1.29 is 4.79 Å². The number of carbonyl (C=O) groups is 1. The summed E-state index contributed by atoms with van der Waals surface area (Å²) < 4.78 is 1.16. The van der Waals surface area contributed by atoms with Crippen molar-refractivity contribution in [2.45, 2.75) is 50.4 Å². The van der Waals surface area contributed by atoms with Crippen LogP contribution in [0.4, 0.5) is 0 Å². The summed E-state index contributed by atoms with van der Waals surface area (Å²) in [5, 5.41) is 12.0. The highest BCUT2D eigenvalue weighted by atomic mass is 35.5. The molecule has 2 aliphatic rings. The molecule has 1 amide bonds. The van der Waals surface area contributed by atoms with Crippen molar-refractivity contribution in [2.75, 3.05) is 7.05 Å². The number of rotatable bonds is 3. The van der Waals surface area contributed by atoms with Crippen molar-refractivity contribution in [3.05, 3.63) is 34.6 Å². The smallest absolute Gasteiger partial charge is 0.278 e. The zero-order chi connectivity index (χ0) is 16.7.